The van der Waals surface area contributed by atoms with E-state index in [-0.39, 0.29) is 33.8 Å². The van der Waals surface area contributed by atoms with E-state index in [1.54, 1.807) is 19.1 Å². The maximum atomic E-state index is 13.5. The van der Waals surface area contributed by atoms with E-state index in [1.807, 2.05) is 0 Å². The van der Waals surface area contributed by atoms with Crippen LogP contribution in [0.1, 0.15) is 37.4 Å². The number of ketones is 2. The first-order valence-corrected chi connectivity index (χ1v) is 13.2. The zero-order chi connectivity index (χ0) is 30.5. The van der Waals surface area contributed by atoms with Gasteiger partial charge in [0.25, 0.3) is 0 Å². The average molecular weight is 593 g/mol. The number of aliphatic hydroxyl groups excluding tert-OH is 7. The predicted molar refractivity (Wildman–Crippen MR) is 138 cm³/mol. The van der Waals surface area contributed by atoms with Crippen molar-refractivity contribution in [1.29, 1.82) is 0 Å². The van der Waals surface area contributed by atoms with Gasteiger partial charge in [0, 0.05) is 22.8 Å². The Hall–Kier alpha value is -3.02. The molecule has 42 heavy (non-hydrogen) atoms. The molecular weight excluding hydrogens is 560 g/mol. The van der Waals surface area contributed by atoms with Gasteiger partial charge in [0.15, 0.2) is 17.9 Å². The van der Waals surface area contributed by atoms with Gasteiger partial charge in [-0.3, -0.25) is 9.59 Å². The molecule has 2 fully saturated rings. The minimum atomic E-state index is -1.82. The summed E-state index contributed by atoms with van der Waals surface area (Å²) in [6, 6.07) is 7.52. The Morgan fingerprint density at radius 1 is 0.738 bits per heavy atom. The number of aliphatic hydroxyl groups is 7. The molecule has 3 aliphatic rings. The van der Waals surface area contributed by atoms with Crippen LogP contribution in [0.15, 0.2) is 30.3 Å². The molecule has 0 bridgehead atoms. The van der Waals surface area contributed by atoms with E-state index in [9.17, 15) is 45.3 Å². The fourth-order valence-corrected chi connectivity index (χ4v) is 5.21. The SMILES string of the molecule is COc1cc(OC2OC(COC3OC(CO)C(O)C(O)C3O)C(O)C(O)C2O)c2c(c1)C(=O)c1cc(C)ccc1C2=O. The molecule has 1 aliphatic carbocycles. The summed E-state index contributed by atoms with van der Waals surface area (Å²) in [5.74, 6) is -0.992. The lowest BCUT2D eigenvalue weighted by atomic mass is 9.82. The molecule has 228 valence electrons. The van der Waals surface area contributed by atoms with E-state index in [2.05, 4.69) is 0 Å². The lowest BCUT2D eigenvalue weighted by molar-refractivity contribution is -0.323. The van der Waals surface area contributed by atoms with Crippen molar-refractivity contribution >= 4 is 11.6 Å². The first-order chi connectivity index (χ1) is 20.0. The Labute approximate surface area is 239 Å². The van der Waals surface area contributed by atoms with Crippen LogP contribution in [0, 0.1) is 6.92 Å². The van der Waals surface area contributed by atoms with Crippen LogP contribution < -0.4 is 9.47 Å². The minimum absolute atomic E-state index is 0.000772. The number of carbonyl (C=O) groups is 2. The summed E-state index contributed by atoms with van der Waals surface area (Å²) in [5, 5.41) is 71.3. The summed E-state index contributed by atoms with van der Waals surface area (Å²) in [7, 11) is 1.34. The second kappa shape index (κ2) is 11.9. The first-order valence-electron chi connectivity index (χ1n) is 13.2. The van der Waals surface area contributed by atoms with Crippen LogP contribution in [0.2, 0.25) is 0 Å². The monoisotopic (exact) mass is 592 g/mol. The van der Waals surface area contributed by atoms with E-state index in [1.165, 1.54) is 25.3 Å². The zero-order valence-electron chi connectivity index (χ0n) is 22.6. The number of carbonyl (C=O) groups excluding carboxylic acids is 2. The third kappa shape index (κ3) is 5.31. The topological polar surface area (TPSA) is 222 Å². The fourth-order valence-electron chi connectivity index (χ4n) is 5.21. The Kier molecular flexibility index (Phi) is 8.65. The van der Waals surface area contributed by atoms with Gasteiger partial charge in [0.1, 0.15) is 60.3 Å². The quantitative estimate of drug-likeness (QED) is 0.155. The van der Waals surface area contributed by atoms with Gasteiger partial charge in [0.05, 0.1) is 25.9 Å². The first kappa shape index (κ1) is 30.4. The summed E-state index contributed by atoms with van der Waals surface area (Å²) in [5.41, 5.74) is 1.04. The van der Waals surface area contributed by atoms with Crippen LogP contribution in [-0.4, -0.2) is 129 Å². The largest absolute Gasteiger partial charge is 0.497 e. The molecule has 14 heteroatoms. The number of benzene rings is 2. The van der Waals surface area contributed by atoms with E-state index in [0.29, 0.717) is 0 Å². The van der Waals surface area contributed by atoms with Crippen molar-refractivity contribution in [2.75, 3.05) is 20.3 Å². The lowest BCUT2D eigenvalue weighted by Crippen LogP contribution is -2.62. The molecule has 2 heterocycles. The summed E-state index contributed by atoms with van der Waals surface area (Å²) >= 11 is 0. The maximum Gasteiger partial charge on any atom is 0.229 e. The van der Waals surface area contributed by atoms with Crippen molar-refractivity contribution in [1.82, 2.24) is 0 Å². The third-order valence-electron chi connectivity index (χ3n) is 7.63. The van der Waals surface area contributed by atoms with Crippen molar-refractivity contribution in [3.05, 3.63) is 58.1 Å². The second-order valence-electron chi connectivity index (χ2n) is 10.4. The number of ether oxygens (including phenoxy) is 5. The molecule has 5 rings (SSSR count). The lowest BCUT2D eigenvalue weighted by Gasteiger charge is -2.42. The second-order valence-corrected chi connectivity index (χ2v) is 10.4. The number of aryl methyl sites for hydroxylation is 1. The zero-order valence-corrected chi connectivity index (χ0v) is 22.6. The summed E-state index contributed by atoms with van der Waals surface area (Å²) in [6.45, 7) is 0.519. The van der Waals surface area contributed by atoms with Crippen molar-refractivity contribution in [2.24, 2.45) is 0 Å². The highest BCUT2D eigenvalue weighted by Gasteiger charge is 2.48. The number of fused-ring (bicyclic) bond motifs is 2. The van der Waals surface area contributed by atoms with E-state index < -0.39 is 86.2 Å². The van der Waals surface area contributed by atoms with Crippen LogP contribution >= 0.6 is 0 Å². The summed E-state index contributed by atoms with van der Waals surface area (Å²) in [4.78, 5) is 26.9. The number of methoxy groups -OCH3 is 1. The maximum absolute atomic E-state index is 13.5. The van der Waals surface area contributed by atoms with Gasteiger partial charge in [-0.2, -0.15) is 0 Å². The molecule has 10 unspecified atom stereocenters. The molecule has 2 aromatic carbocycles. The number of rotatable bonds is 7. The molecule has 0 saturated carbocycles. The molecule has 0 aromatic heterocycles. The summed E-state index contributed by atoms with van der Waals surface area (Å²) < 4.78 is 27.5. The molecule has 2 aromatic rings. The Bertz CT molecular complexity index is 1340. The van der Waals surface area contributed by atoms with Crippen LogP contribution in [0.5, 0.6) is 11.5 Å². The van der Waals surface area contributed by atoms with E-state index in [4.69, 9.17) is 23.7 Å². The molecule has 7 N–H and O–H groups in total. The standard InChI is InChI=1S/C28H32O14/c1-10-3-4-12-13(5-10)19(30)14-6-11(38-2)7-15(18(14)20(12)31)40-28-26(37)24(35)22(33)17(42-28)9-39-27-25(36)23(34)21(32)16(8-29)41-27/h3-7,16-17,21-29,32-37H,8-9H2,1-2H3. The van der Waals surface area contributed by atoms with Crippen LogP contribution in [0.25, 0.3) is 0 Å². The molecule has 0 spiro atoms. The van der Waals surface area contributed by atoms with Crippen LogP contribution in [-0.2, 0) is 14.2 Å². The number of hydrogen-bond donors (Lipinski definition) is 7. The predicted octanol–water partition coefficient (Wildman–Crippen LogP) is -2.22. The van der Waals surface area contributed by atoms with Gasteiger partial charge >= 0.3 is 0 Å². The average Bonchev–Trinajstić information content (AvgIpc) is 2.98. The molecule has 2 saturated heterocycles. The van der Waals surface area contributed by atoms with E-state index >= 15 is 0 Å². The highest BCUT2D eigenvalue weighted by atomic mass is 16.7. The van der Waals surface area contributed by atoms with Gasteiger partial charge < -0.3 is 59.4 Å². The van der Waals surface area contributed by atoms with Gasteiger partial charge in [-0.1, -0.05) is 17.7 Å². The molecule has 10 atom stereocenters. The molecule has 14 nitrogen and oxygen atoms in total. The Morgan fingerprint density at radius 3 is 2.05 bits per heavy atom. The van der Waals surface area contributed by atoms with Gasteiger partial charge in [0.2, 0.25) is 6.29 Å². The van der Waals surface area contributed by atoms with Gasteiger partial charge in [-0.15, -0.1) is 0 Å². The molecular formula is C28H32O14. The van der Waals surface area contributed by atoms with Crippen molar-refractivity contribution < 1.29 is 69.0 Å². The molecule has 0 radical (unpaired) electrons. The highest BCUT2D eigenvalue weighted by Crippen LogP contribution is 2.38. The third-order valence-corrected chi connectivity index (χ3v) is 7.63. The van der Waals surface area contributed by atoms with Crippen molar-refractivity contribution in [3.8, 4) is 11.5 Å². The van der Waals surface area contributed by atoms with Gasteiger partial charge in [-0.25, -0.2) is 0 Å². The minimum Gasteiger partial charge on any atom is -0.497 e. The number of hydrogen-bond acceptors (Lipinski definition) is 14. The highest BCUT2D eigenvalue weighted by molar-refractivity contribution is 6.29. The van der Waals surface area contributed by atoms with Crippen molar-refractivity contribution in [2.45, 2.75) is 68.3 Å². The van der Waals surface area contributed by atoms with Crippen LogP contribution in [0.3, 0.4) is 0 Å². The van der Waals surface area contributed by atoms with Gasteiger partial charge in [-0.05, 0) is 19.1 Å². The Morgan fingerprint density at radius 2 is 1.38 bits per heavy atom. The smallest absolute Gasteiger partial charge is 0.229 e. The van der Waals surface area contributed by atoms with Crippen molar-refractivity contribution in [3.63, 3.8) is 0 Å². The molecule has 2 aliphatic heterocycles. The van der Waals surface area contributed by atoms with E-state index in [0.717, 1.165) is 5.56 Å². The van der Waals surface area contributed by atoms with Crippen LogP contribution in [0.4, 0.5) is 0 Å². The normalized spacial score (nSPS) is 34.5. The Balaban J connectivity index is 1.39. The summed E-state index contributed by atoms with van der Waals surface area (Å²) in [6.07, 6.45) is -16.3. The fraction of sp³-hybridized carbons (Fsp3) is 0.500. The molecule has 0 amide bonds.